The number of rotatable bonds is 13. The molecule has 0 saturated heterocycles. The van der Waals surface area contributed by atoms with E-state index in [0.717, 1.165) is 38.9 Å². The van der Waals surface area contributed by atoms with Crippen LogP contribution in [0.4, 0.5) is 0 Å². The minimum Gasteiger partial charge on any atom is -0.381 e. The molecule has 3 aromatic rings. The van der Waals surface area contributed by atoms with Gasteiger partial charge in [-0.15, -0.1) is 0 Å². The third-order valence-electron chi connectivity index (χ3n) is 8.46. The third kappa shape index (κ3) is 6.02. The molecule has 4 rings (SSSR count). The van der Waals surface area contributed by atoms with Crippen LogP contribution in [0.5, 0.6) is 0 Å². The maximum absolute atomic E-state index is 6.27. The summed E-state index contributed by atoms with van der Waals surface area (Å²) in [6.07, 6.45) is 7.77. The Labute approximate surface area is 220 Å². The summed E-state index contributed by atoms with van der Waals surface area (Å²) >= 11 is 0. The maximum atomic E-state index is 6.27. The molecule has 0 bridgehead atoms. The van der Waals surface area contributed by atoms with E-state index >= 15 is 0 Å². The van der Waals surface area contributed by atoms with Crippen molar-refractivity contribution in [1.29, 1.82) is 0 Å². The first kappa shape index (κ1) is 26.8. The molecule has 0 amide bonds. The molecular weight excluding hydrogens is 456 g/mol. The van der Waals surface area contributed by atoms with Gasteiger partial charge < -0.3 is 9.47 Å². The van der Waals surface area contributed by atoms with Crippen LogP contribution < -0.4 is 15.6 Å². The maximum Gasteiger partial charge on any atom is 0.148 e. The molecule has 36 heavy (non-hydrogen) atoms. The van der Waals surface area contributed by atoms with Crippen LogP contribution in [0.1, 0.15) is 52.4 Å². The number of ether oxygens (including phenoxy) is 2. The summed E-state index contributed by atoms with van der Waals surface area (Å²) in [6.45, 7) is 7.39. The molecule has 3 heteroatoms. The van der Waals surface area contributed by atoms with E-state index in [1.807, 2.05) is 0 Å². The van der Waals surface area contributed by atoms with E-state index in [-0.39, 0.29) is 5.41 Å². The largest absolute Gasteiger partial charge is 0.381 e. The molecule has 1 saturated carbocycles. The summed E-state index contributed by atoms with van der Waals surface area (Å²) in [5, 5.41) is 4.48. The Kier molecular flexibility index (Phi) is 9.97. The van der Waals surface area contributed by atoms with Crippen molar-refractivity contribution in [2.45, 2.75) is 58.4 Å². The highest BCUT2D eigenvalue weighted by molar-refractivity contribution is 7.11. The van der Waals surface area contributed by atoms with Crippen molar-refractivity contribution >= 4 is 23.6 Å². The van der Waals surface area contributed by atoms with Crippen LogP contribution in [0.3, 0.4) is 0 Å². The molecular formula is C33H44O2Si. The highest BCUT2D eigenvalue weighted by Crippen LogP contribution is 2.44. The molecule has 1 fully saturated rings. The average Bonchev–Trinajstić information content (AvgIpc) is 2.97. The topological polar surface area (TPSA) is 18.5 Å². The summed E-state index contributed by atoms with van der Waals surface area (Å²) in [5.74, 6) is 0.665. The van der Waals surface area contributed by atoms with Gasteiger partial charge in [-0.2, -0.15) is 0 Å². The fourth-order valence-corrected chi connectivity index (χ4v) is 11.5. The van der Waals surface area contributed by atoms with Crippen molar-refractivity contribution in [3.63, 3.8) is 0 Å². The van der Waals surface area contributed by atoms with Crippen LogP contribution in [0.25, 0.3) is 0 Å². The molecule has 0 atom stereocenters. The predicted octanol–water partition coefficient (Wildman–Crippen LogP) is 6.19. The Bertz CT molecular complexity index is 895. The van der Waals surface area contributed by atoms with Crippen molar-refractivity contribution in [1.82, 2.24) is 0 Å². The van der Waals surface area contributed by atoms with Gasteiger partial charge in [0.2, 0.25) is 0 Å². The van der Waals surface area contributed by atoms with Gasteiger partial charge >= 0.3 is 0 Å². The van der Waals surface area contributed by atoms with Gasteiger partial charge in [0.25, 0.3) is 0 Å². The smallest absolute Gasteiger partial charge is 0.148 e. The molecule has 0 spiro atoms. The molecule has 2 nitrogen and oxygen atoms in total. The molecule has 1 aliphatic rings. The van der Waals surface area contributed by atoms with E-state index in [4.69, 9.17) is 9.47 Å². The van der Waals surface area contributed by atoms with Crippen molar-refractivity contribution in [2.75, 3.05) is 26.4 Å². The quantitative estimate of drug-likeness (QED) is 0.206. The van der Waals surface area contributed by atoms with Crippen LogP contribution in [-0.2, 0) is 9.47 Å². The summed E-state index contributed by atoms with van der Waals surface area (Å²) in [6, 6.07) is 35.2. The van der Waals surface area contributed by atoms with E-state index < -0.39 is 8.07 Å². The zero-order valence-corrected chi connectivity index (χ0v) is 23.3. The Balaban J connectivity index is 1.82. The Morgan fingerprint density at radius 2 is 1.06 bits per heavy atom. The normalized spacial score (nSPS) is 15.2. The van der Waals surface area contributed by atoms with Gasteiger partial charge in [0.15, 0.2) is 0 Å². The lowest BCUT2D eigenvalue weighted by Gasteiger charge is -2.45. The van der Waals surface area contributed by atoms with E-state index in [9.17, 15) is 0 Å². The van der Waals surface area contributed by atoms with Gasteiger partial charge in [0.1, 0.15) is 8.07 Å². The summed E-state index contributed by atoms with van der Waals surface area (Å²) in [4.78, 5) is 0. The zero-order chi connectivity index (χ0) is 25.1. The summed E-state index contributed by atoms with van der Waals surface area (Å²) in [5.41, 5.74) is 0.0586. The predicted molar refractivity (Wildman–Crippen MR) is 155 cm³/mol. The minimum atomic E-state index is -2.29. The number of hydrogen-bond acceptors (Lipinski definition) is 2. The van der Waals surface area contributed by atoms with Crippen LogP contribution in [0.15, 0.2) is 91.0 Å². The Morgan fingerprint density at radius 1 is 0.639 bits per heavy atom. The van der Waals surface area contributed by atoms with Gasteiger partial charge in [0.05, 0.1) is 13.2 Å². The first-order chi connectivity index (χ1) is 17.7. The average molecular weight is 501 g/mol. The molecule has 0 heterocycles. The molecule has 0 aliphatic heterocycles. The summed E-state index contributed by atoms with van der Waals surface area (Å²) in [7, 11) is -2.29. The van der Waals surface area contributed by atoms with Gasteiger partial charge in [-0.25, -0.2) is 0 Å². The first-order valence-corrected chi connectivity index (χ1v) is 16.3. The van der Waals surface area contributed by atoms with Crippen molar-refractivity contribution in [3.05, 3.63) is 91.0 Å². The van der Waals surface area contributed by atoms with Gasteiger partial charge in [-0.05, 0) is 60.6 Å². The van der Waals surface area contributed by atoms with Crippen LogP contribution in [-0.4, -0.2) is 34.5 Å². The van der Waals surface area contributed by atoms with Crippen LogP contribution in [0.2, 0.25) is 6.04 Å². The lowest BCUT2D eigenvalue weighted by Crippen LogP contribution is -2.67. The lowest BCUT2D eigenvalue weighted by atomic mass is 9.68. The Hall–Kier alpha value is -2.20. The van der Waals surface area contributed by atoms with Gasteiger partial charge in [0, 0.05) is 18.6 Å². The van der Waals surface area contributed by atoms with E-state index in [1.165, 1.54) is 47.7 Å². The van der Waals surface area contributed by atoms with Crippen molar-refractivity contribution in [2.24, 2.45) is 11.3 Å². The minimum absolute atomic E-state index is 0.0586. The first-order valence-electron chi connectivity index (χ1n) is 14.1. The Morgan fingerprint density at radius 3 is 1.44 bits per heavy atom. The fourth-order valence-electron chi connectivity index (χ4n) is 6.49. The fraction of sp³-hybridized carbons (Fsp3) is 0.455. The molecule has 0 unspecified atom stereocenters. The number of hydrogen-bond donors (Lipinski definition) is 0. The van der Waals surface area contributed by atoms with Crippen LogP contribution >= 0.6 is 0 Å². The standard InChI is InChI=1S/C33H44O2Si/c1-3-34-27-33(28-35-4-2,29-17-9-5-10-18-29)25-26-36(30-19-11-6-12-20-30,31-21-13-7-14-22-31)32-23-15-8-16-24-32/h6-8,11-16,19-24,29H,3-5,9-10,17-18,25-28H2,1-2H3. The lowest BCUT2D eigenvalue weighted by molar-refractivity contribution is -0.0625. The molecule has 192 valence electrons. The monoisotopic (exact) mass is 500 g/mol. The van der Waals surface area contributed by atoms with E-state index in [1.54, 1.807) is 0 Å². The molecule has 1 aliphatic carbocycles. The van der Waals surface area contributed by atoms with E-state index in [0.29, 0.717) is 5.92 Å². The SMILES string of the molecule is CCOCC(CC[Si](c1ccccc1)(c1ccccc1)c1ccccc1)(COCC)C1CCCCC1. The second kappa shape index (κ2) is 13.4. The molecule has 3 aromatic carbocycles. The number of benzene rings is 3. The summed E-state index contributed by atoms with van der Waals surface area (Å²) < 4.78 is 12.5. The second-order valence-corrected chi connectivity index (χ2v) is 14.5. The molecule has 0 radical (unpaired) electrons. The van der Waals surface area contributed by atoms with Gasteiger partial charge in [-0.3, -0.25) is 0 Å². The molecule has 0 aromatic heterocycles. The second-order valence-electron chi connectivity index (χ2n) is 10.5. The molecule has 0 N–H and O–H groups in total. The zero-order valence-electron chi connectivity index (χ0n) is 22.3. The van der Waals surface area contributed by atoms with Crippen molar-refractivity contribution in [3.8, 4) is 0 Å². The van der Waals surface area contributed by atoms with Crippen molar-refractivity contribution < 1.29 is 9.47 Å². The van der Waals surface area contributed by atoms with E-state index in [2.05, 4.69) is 105 Å². The third-order valence-corrected chi connectivity index (χ3v) is 13.4. The highest BCUT2D eigenvalue weighted by Gasteiger charge is 2.45. The highest BCUT2D eigenvalue weighted by atomic mass is 28.3. The van der Waals surface area contributed by atoms with Crippen LogP contribution in [0, 0.1) is 11.3 Å². The van der Waals surface area contributed by atoms with Gasteiger partial charge in [-0.1, -0.05) is 110 Å².